The van der Waals surface area contributed by atoms with E-state index >= 15 is 0 Å². The van der Waals surface area contributed by atoms with Crippen molar-refractivity contribution >= 4 is 0 Å². The molecule has 6 aliphatic rings. The van der Waals surface area contributed by atoms with Crippen LogP contribution in [0.5, 0.6) is 0 Å². The van der Waals surface area contributed by atoms with E-state index in [1.165, 1.54) is 58.0 Å². The third-order valence-electron chi connectivity index (χ3n) is 12.8. The highest BCUT2D eigenvalue weighted by molar-refractivity contribution is 5.13. The zero-order chi connectivity index (χ0) is 24.4. The Labute approximate surface area is 213 Å². The first-order valence-corrected chi connectivity index (χ1v) is 15.0. The highest BCUT2D eigenvalue weighted by Crippen LogP contribution is 2.67. The summed E-state index contributed by atoms with van der Waals surface area (Å²) in [6.45, 7) is 16.2. The smallest absolute Gasteiger partial charge is 0.116 e. The molecule has 0 radical (unpaired) electrons. The van der Waals surface area contributed by atoms with Crippen molar-refractivity contribution in [3.8, 4) is 0 Å². The van der Waals surface area contributed by atoms with Crippen molar-refractivity contribution in [3.63, 3.8) is 0 Å². The van der Waals surface area contributed by atoms with Gasteiger partial charge in [0.2, 0.25) is 0 Å². The lowest BCUT2D eigenvalue weighted by molar-refractivity contribution is -0.938. The zero-order valence-corrected chi connectivity index (χ0v) is 22.4. The predicted molar refractivity (Wildman–Crippen MR) is 139 cm³/mol. The Hall–Kier alpha value is -0.460. The lowest BCUT2D eigenvalue weighted by Crippen LogP contribution is -2.61. The largest absolute Gasteiger partial charge is 0.391 e. The molecular weight excluding hydrogens is 436 g/mol. The van der Waals surface area contributed by atoms with Gasteiger partial charge in [0.15, 0.2) is 0 Å². The molecule has 5 nitrogen and oxygen atoms in total. The number of morpholine rings is 1. The van der Waals surface area contributed by atoms with Crippen LogP contribution in [0.25, 0.3) is 0 Å². The van der Waals surface area contributed by atoms with Crippen molar-refractivity contribution in [1.29, 1.82) is 0 Å². The van der Waals surface area contributed by atoms with Gasteiger partial charge in [0, 0.05) is 43.8 Å². The van der Waals surface area contributed by atoms with Crippen LogP contribution in [0.2, 0.25) is 0 Å². The van der Waals surface area contributed by atoms with Crippen molar-refractivity contribution < 1.29 is 19.4 Å². The van der Waals surface area contributed by atoms with Gasteiger partial charge in [-0.1, -0.05) is 20.4 Å². The van der Waals surface area contributed by atoms with Gasteiger partial charge in [-0.15, -0.1) is 0 Å². The van der Waals surface area contributed by atoms with Gasteiger partial charge in [-0.25, -0.2) is 0 Å². The van der Waals surface area contributed by atoms with Gasteiger partial charge in [-0.05, 0) is 73.7 Å². The van der Waals surface area contributed by atoms with Crippen molar-refractivity contribution in [3.05, 3.63) is 12.7 Å². The molecule has 0 aromatic heterocycles. The Morgan fingerprint density at radius 3 is 2.46 bits per heavy atom. The number of hydrogen-bond acceptors (Lipinski definition) is 4. The Kier molecular flexibility index (Phi) is 6.45. The van der Waals surface area contributed by atoms with E-state index in [9.17, 15) is 10.2 Å². The van der Waals surface area contributed by atoms with Crippen LogP contribution in [0, 0.1) is 34.5 Å². The molecule has 35 heavy (non-hydrogen) atoms. The van der Waals surface area contributed by atoms with E-state index in [1.807, 2.05) is 0 Å². The van der Waals surface area contributed by atoms with Crippen LogP contribution in [0.1, 0.15) is 71.6 Å². The number of nitrogens with zero attached hydrogens (tertiary/aromatic N) is 2. The number of ether oxygens (including phenoxy) is 1. The summed E-state index contributed by atoms with van der Waals surface area (Å²) in [7, 11) is 0. The minimum absolute atomic E-state index is 0.0713. The molecule has 0 amide bonds. The summed E-state index contributed by atoms with van der Waals surface area (Å²) in [5, 5.41) is 23.1. The van der Waals surface area contributed by atoms with Crippen LogP contribution >= 0.6 is 0 Å². The lowest BCUT2D eigenvalue weighted by atomic mass is 9.44. The number of aliphatic hydroxyl groups is 2. The molecule has 5 heteroatoms. The topological polar surface area (TPSA) is 52.9 Å². The maximum atomic E-state index is 11.9. The first kappa shape index (κ1) is 24.9. The summed E-state index contributed by atoms with van der Waals surface area (Å²) < 4.78 is 6.73. The van der Waals surface area contributed by atoms with E-state index in [-0.39, 0.29) is 17.6 Å². The van der Waals surface area contributed by atoms with Gasteiger partial charge in [0.05, 0.1) is 39.0 Å². The standard InChI is InChI=1S/C30H51N2O3/c1-4-13-32(14-5-6-15-32)26-19-24-22-8-7-21-18-27(33)25(31-11-16-35-17-12-31)20-30(21,3)23(22)9-10-29(24,2)28(26)34/h4,21-28,33-34H,1,5-20H2,2-3H3/q+1/t21-,22?,23?,24?,25-,26-,27-,28-,29-,30-/m0/s1. The van der Waals surface area contributed by atoms with Crippen LogP contribution in [-0.2, 0) is 4.74 Å². The molecule has 6 rings (SSSR count). The van der Waals surface area contributed by atoms with E-state index in [0.717, 1.165) is 62.0 Å². The summed E-state index contributed by atoms with van der Waals surface area (Å²) in [6.07, 6.45) is 12.7. The Balaban J connectivity index is 1.26. The van der Waals surface area contributed by atoms with Gasteiger partial charge in [0.25, 0.3) is 0 Å². The first-order chi connectivity index (χ1) is 16.8. The molecule has 198 valence electrons. The number of hydrogen-bond donors (Lipinski definition) is 2. The van der Waals surface area contributed by atoms with Crippen molar-refractivity contribution in [2.75, 3.05) is 45.9 Å². The first-order valence-electron chi connectivity index (χ1n) is 15.0. The van der Waals surface area contributed by atoms with Crippen molar-refractivity contribution in [2.24, 2.45) is 34.5 Å². The fourth-order valence-corrected chi connectivity index (χ4v) is 10.9. The van der Waals surface area contributed by atoms with E-state index in [1.54, 1.807) is 0 Å². The second-order valence-electron chi connectivity index (χ2n) is 14.0. The average Bonchev–Trinajstić information content (AvgIpc) is 3.43. The lowest BCUT2D eigenvalue weighted by Gasteiger charge is -2.62. The van der Waals surface area contributed by atoms with Gasteiger partial charge in [-0.2, -0.15) is 0 Å². The SMILES string of the molecule is C=CC[N+]1([C@H]2CC3C4CC[C@H]5C[C@H](O)[C@@H](N6CCOCC6)C[C@]5(C)C4CC[C@]3(C)[C@H]2O)CCCC1. The monoisotopic (exact) mass is 487 g/mol. The van der Waals surface area contributed by atoms with E-state index in [4.69, 9.17) is 4.74 Å². The Morgan fingerprint density at radius 2 is 1.74 bits per heavy atom. The Morgan fingerprint density at radius 1 is 1.00 bits per heavy atom. The molecule has 2 heterocycles. The molecule has 10 atom stereocenters. The third kappa shape index (κ3) is 3.73. The van der Waals surface area contributed by atoms with Gasteiger partial charge in [-0.3, -0.25) is 4.90 Å². The molecule has 2 saturated heterocycles. The normalized spacial score (nSPS) is 51.9. The molecule has 0 spiro atoms. The second-order valence-corrected chi connectivity index (χ2v) is 14.0. The van der Waals surface area contributed by atoms with Crippen LogP contribution in [0.15, 0.2) is 12.7 Å². The highest BCUT2D eigenvalue weighted by atomic mass is 16.5. The fraction of sp³-hybridized carbons (Fsp3) is 0.933. The number of fused-ring (bicyclic) bond motifs is 5. The molecule has 0 bridgehead atoms. The zero-order valence-electron chi connectivity index (χ0n) is 22.4. The molecule has 2 aliphatic heterocycles. The molecule has 6 fully saturated rings. The molecule has 0 aromatic carbocycles. The van der Waals surface area contributed by atoms with Crippen LogP contribution < -0.4 is 0 Å². The van der Waals surface area contributed by atoms with E-state index in [0.29, 0.717) is 29.3 Å². The number of aliphatic hydroxyl groups excluding tert-OH is 2. The third-order valence-corrected chi connectivity index (χ3v) is 12.8. The summed E-state index contributed by atoms with van der Waals surface area (Å²) in [5.74, 6) is 2.78. The minimum Gasteiger partial charge on any atom is -0.391 e. The summed E-state index contributed by atoms with van der Waals surface area (Å²) in [6, 6.07) is 0.684. The fourth-order valence-electron chi connectivity index (χ4n) is 10.9. The average molecular weight is 488 g/mol. The predicted octanol–water partition coefficient (Wildman–Crippen LogP) is 3.84. The maximum Gasteiger partial charge on any atom is 0.116 e. The number of rotatable bonds is 4. The van der Waals surface area contributed by atoms with Gasteiger partial charge in [0.1, 0.15) is 12.1 Å². The van der Waals surface area contributed by atoms with E-state index < -0.39 is 0 Å². The number of quaternary nitrogens is 1. The molecule has 4 saturated carbocycles. The summed E-state index contributed by atoms with van der Waals surface area (Å²) in [4.78, 5) is 2.54. The molecule has 4 aliphatic carbocycles. The quantitative estimate of drug-likeness (QED) is 0.467. The maximum absolute atomic E-state index is 11.9. The molecular formula is C30H51N2O3+. The van der Waals surface area contributed by atoms with Gasteiger partial charge < -0.3 is 19.4 Å². The minimum atomic E-state index is -0.187. The molecule has 2 N–H and O–H groups in total. The van der Waals surface area contributed by atoms with Crippen LogP contribution in [-0.4, -0.2) is 89.8 Å². The van der Waals surface area contributed by atoms with Crippen LogP contribution in [0.3, 0.4) is 0 Å². The summed E-state index contributed by atoms with van der Waals surface area (Å²) in [5.41, 5.74) is 0.387. The van der Waals surface area contributed by atoms with E-state index in [2.05, 4.69) is 31.4 Å². The van der Waals surface area contributed by atoms with Crippen molar-refractivity contribution in [1.82, 2.24) is 4.90 Å². The molecule has 0 aromatic rings. The summed E-state index contributed by atoms with van der Waals surface area (Å²) >= 11 is 0. The molecule has 3 unspecified atom stereocenters. The Bertz CT molecular complexity index is 792. The van der Waals surface area contributed by atoms with Crippen molar-refractivity contribution in [2.45, 2.75) is 95.9 Å². The highest BCUT2D eigenvalue weighted by Gasteiger charge is 2.66. The number of likely N-dealkylation sites (tertiary alicyclic amines) is 1. The second kappa shape index (κ2) is 9.08. The van der Waals surface area contributed by atoms with Crippen LogP contribution in [0.4, 0.5) is 0 Å². The van der Waals surface area contributed by atoms with Gasteiger partial charge >= 0.3 is 0 Å².